The number of likely N-dealkylation sites (tertiary alicyclic amines) is 2. The molecule has 7 rings (SSSR count). The van der Waals surface area contributed by atoms with E-state index in [0.29, 0.717) is 55.3 Å². The molecule has 0 aromatic rings. The molecule has 5 saturated carbocycles. The van der Waals surface area contributed by atoms with Gasteiger partial charge in [0.2, 0.25) is 23.6 Å². The van der Waals surface area contributed by atoms with Crippen molar-refractivity contribution in [1.29, 1.82) is 0 Å². The number of carbonyl (C=O) groups is 5. The Kier molecular flexibility index (Phi) is 7.48. The summed E-state index contributed by atoms with van der Waals surface area (Å²) in [5.41, 5.74) is 0.736. The quantitative estimate of drug-likeness (QED) is 0.364. The fourth-order valence-electron chi connectivity index (χ4n) is 12.5. The van der Waals surface area contributed by atoms with Crippen LogP contribution in [-0.4, -0.2) is 52.3 Å². The van der Waals surface area contributed by atoms with E-state index in [1.54, 1.807) is 11.9 Å². The van der Waals surface area contributed by atoms with Gasteiger partial charge in [-0.2, -0.15) is 0 Å². The third-order valence-corrected chi connectivity index (χ3v) is 14.7. The molecule has 7 nitrogen and oxygen atoms in total. The predicted octanol–water partition coefficient (Wildman–Crippen LogP) is 6.04. The molecule has 0 spiro atoms. The number of nitrogens with zero attached hydrogens (tertiary/aromatic N) is 2. The van der Waals surface area contributed by atoms with Crippen LogP contribution in [0.5, 0.6) is 0 Å². The molecule has 7 aliphatic rings. The molecular weight excluding hydrogens is 552 g/mol. The molecule has 0 aromatic carbocycles. The van der Waals surface area contributed by atoms with Crippen molar-refractivity contribution in [3.63, 3.8) is 0 Å². The Balaban J connectivity index is 0.979. The van der Waals surface area contributed by atoms with Crippen molar-refractivity contribution in [1.82, 2.24) is 9.80 Å². The number of rotatable bonds is 4. The van der Waals surface area contributed by atoms with E-state index in [4.69, 9.17) is 0 Å². The summed E-state index contributed by atoms with van der Waals surface area (Å²) in [5.74, 6) is 1.22. The zero-order valence-electron chi connectivity index (χ0n) is 27.7. The van der Waals surface area contributed by atoms with Gasteiger partial charge in [0.25, 0.3) is 0 Å². The third kappa shape index (κ3) is 4.59. The van der Waals surface area contributed by atoms with Gasteiger partial charge in [-0.15, -0.1) is 0 Å². The molecule has 0 N–H and O–H groups in total. The molecule has 10 atom stereocenters. The molecule has 4 amide bonds. The standard InChI is InChI=1S/C37H54N2O5/c1-20-6-15-29-30(16-20)36(2,3)19-37(29,4)23-9-11-24(12-10-23)39-34(43)26-14-8-22(18-28(26)35(39)44)31(40)21-7-13-25-27(17-21)33(42)38(5)32(25)41/h20-30H,6-19H2,1-5H3. The molecular formula is C37H54N2O5. The molecule has 0 bridgehead atoms. The smallest absolute Gasteiger partial charge is 0.233 e. The first-order valence-corrected chi connectivity index (χ1v) is 18.0. The van der Waals surface area contributed by atoms with E-state index in [1.165, 1.54) is 30.6 Å². The lowest BCUT2D eigenvalue weighted by atomic mass is 9.59. The average Bonchev–Trinajstić information content (AvgIpc) is 3.48. The summed E-state index contributed by atoms with van der Waals surface area (Å²) in [5, 5.41) is 0. The van der Waals surface area contributed by atoms with Gasteiger partial charge in [0.1, 0.15) is 5.78 Å². The van der Waals surface area contributed by atoms with Crippen molar-refractivity contribution in [2.45, 2.75) is 124 Å². The highest BCUT2D eigenvalue weighted by molar-refractivity contribution is 6.06. The number of carbonyl (C=O) groups excluding carboxylic acids is 5. The second-order valence-corrected chi connectivity index (χ2v) is 17.4. The number of imide groups is 2. The monoisotopic (exact) mass is 606 g/mol. The molecule has 7 heteroatoms. The van der Waals surface area contributed by atoms with E-state index < -0.39 is 0 Å². The van der Waals surface area contributed by atoms with Gasteiger partial charge >= 0.3 is 0 Å². The highest BCUT2D eigenvalue weighted by Crippen LogP contribution is 2.66. The summed E-state index contributed by atoms with van der Waals surface area (Å²) in [6.45, 7) is 10.0. The van der Waals surface area contributed by atoms with Crippen LogP contribution in [0, 0.1) is 70.0 Å². The van der Waals surface area contributed by atoms with E-state index in [-0.39, 0.29) is 71.0 Å². The van der Waals surface area contributed by atoms with Gasteiger partial charge in [-0.3, -0.25) is 33.8 Å². The van der Waals surface area contributed by atoms with Crippen LogP contribution < -0.4 is 0 Å². The van der Waals surface area contributed by atoms with Crippen molar-refractivity contribution < 1.29 is 24.0 Å². The van der Waals surface area contributed by atoms with Crippen LogP contribution in [-0.2, 0) is 24.0 Å². The van der Waals surface area contributed by atoms with Gasteiger partial charge in [-0.05, 0) is 118 Å². The van der Waals surface area contributed by atoms with E-state index in [2.05, 4.69) is 27.7 Å². The highest BCUT2D eigenvalue weighted by atomic mass is 16.2. The lowest BCUT2D eigenvalue weighted by molar-refractivity contribution is -0.144. The molecule has 242 valence electrons. The van der Waals surface area contributed by atoms with Crippen LogP contribution in [0.1, 0.15) is 118 Å². The fourth-order valence-corrected chi connectivity index (χ4v) is 12.5. The second-order valence-electron chi connectivity index (χ2n) is 17.4. The topological polar surface area (TPSA) is 91.8 Å². The third-order valence-electron chi connectivity index (χ3n) is 14.7. The Labute approximate surface area is 263 Å². The summed E-state index contributed by atoms with van der Waals surface area (Å²) in [6, 6.07) is 0.00405. The maximum atomic E-state index is 13.9. The van der Waals surface area contributed by atoms with E-state index in [0.717, 1.165) is 43.4 Å². The maximum absolute atomic E-state index is 13.9. The van der Waals surface area contributed by atoms with Crippen molar-refractivity contribution >= 4 is 29.4 Å². The fraction of sp³-hybridized carbons (Fsp3) is 0.865. The van der Waals surface area contributed by atoms with Crippen LogP contribution in [0.25, 0.3) is 0 Å². The van der Waals surface area contributed by atoms with Gasteiger partial charge in [-0.1, -0.05) is 34.1 Å². The Morgan fingerprint density at radius 1 is 0.636 bits per heavy atom. The van der Waals surface area contributed by atoms with Crippen LogP contribution in [0.15, 0.2) is 0 Å². The zero-order chi connectivity index (χ0) is 31.3. The van der Waals surface area contributed by atoms with Gasteiger partial charge in [0.05, 0.1) is 23.7 Å². The minimum Gasteiger partial charge on any atom is -0.299 e. The Morgan fingerprint density at radius 3 is 1.82 bits per heavy atom. The maximum Gasteiger partial charge on any atom is 0.233 e. The summed E-state index contributed by atoms with van der Waals surface area (Å²) < 4.78 is 0. The van der Waals surface area contributed by atoms with Gasteiger partial charge in [0.15, 0.2) is 0 Å². The minimum atomic E-state index is -0.378. The summed E-state index contributed by atoms with van der Waals surface area (Å²) >= 11 is 0. The number of hydrogen-bond acceptors (Lipinski definition) is 5. The predicted molar refractivity (Wildman–Crippen MR) is 166 cm³/mol. The first kappa shape index (κ1) is 30.6. The normalized spacial score (nSPS) is 47.1. The average molecular weight is 607 g/mol. The minimum absolute atomic E-state index is 0.00405. The zero-order valence-corrected chi connectivity index (χ0v) is 27.7. The van der Waals surface area contributed by atoms with Gasteiger partial charge in [-0.25, -0.2) is 0 Å². The van der Waals surface area contributed by atoms with Crippen LogP contribution in [0.3, 0.4) is 0 Å². The largest absolute Gasteiger partial charge is 0.299 e. The number of fused-ring (bicyclic) bond motifs is 3. The summed E-state index contributed by atoms with van der Waals surface area (Å²) in [7, 11) is 1.55. The van der Waals surface area contributed by atoms with Crippen molar-refractivity contribution in [2.75, 3.05) is 7.05 Å². The molecule has 2 saturated heterocycles. The second kappa shape index (κ2) is 10.8. The Bertz CT molecular complexity index is 1250. The summed E-state index contributed by atoms with van der Waals surface area (Å²) in [6.07, 6.45) is 12.8. The first-order chi connectivity index (χ1) is 20.8. The van der Waals surface area contributed by atoms with Crippen molar-refractivity contribution in [3.05, 3.63) is 0 Å². The molecule has 2 aliphatic heterocycles. The Morgan fingerprint density at radius 2 is 1.18 bits per heavy atom. The molecule has 5 aliphatic carbocycles. The molecule has 10 unspecified atom stereocenters. The molecule has 7 fully saturated rings. The molecule has 2 heterocycles. The number of hydrogen-bond donors (Lipinski definition) is 0. The van der Waals surface area contributed by atoms with Crippen LogP contribution in [0.2, 0.25) is 0 Å². The van der Waals surface area contributed by atoms with Crippen molar-refractivity contribution in [2.24, 2.45) is 70.0 Å². The van der Waals surface area contributed by atoms with Crippen LogP contribution >= 0.6 is 0 Å². The SMILES string of the molecule is CC1CCC2C(C1)C(C)(C)CC2(C)C1CCC(N2C(=O)C3CCC(C(=O)C4CCC5C(=O)N(C)C(=O)C5C4)CC3C2=O)CC1. The van der Waals surface area contributed by atoms with Gasteiger partial charge < -0.3 is 0 Å². The number of amides is 4. The Hall–Kier alpha value is -2.05. The van der Waals surface area contributed by atoms with E-state index >= 15 is 0 Å². The van der Waals surface area contributed by atoms with Crippen molar-refractivity contribution in [3.8, 4) is 0 Å². The van der Waals surface area contributed by atoms with Crippen LogP contribution in [0.4, 0.5) is 0 Å². The molecule has 0 aromatic heterocycles. The lowest BCUT2D eigenvalue weighted by Gasteiger charge is -2.47. The number of ketones is 1. The molecule has 0 radical (unpaired) electrons. The van der Waals surface area contributed by atoms with Gasteiger partial charge in [0, 0.05) is 24.9 Å². The summed E-state index contributed by atoms with van der Waals surface area (Å²) in [4.78, 5) is 69.2. The highest BCUT2D eigenvalue weighted by Gasteiger charge is 2.60. The molecule has 44 heavy (non-hydrogen) atoms. The van der Waals surface area contributed by atoms with E-state index in [9.17, 15) is 24.0 Å². The van der Waals surface area contributed by atoms with E-state index in [1.807, 2.05) is 0 Å². The first-order valence-electron chi connectivity index (χ1n) is 18.0. The lowest BCUT2D eigenvalue weighted by Crippen LogP contribution is -2.45. The number of Topliss-reactive ketones (excluding diaryl/α,β-unsaturated/α-hetero) is 1.